The summed E-state index contributed by atoms with van der Waals surface area (Å²) < 4.78 is 10.5. The van der Waals surface area contributed by atoms with Crippen molar-refractivity contribution in [1.29, 1.82) is 0 Å². The van der Waals surface area contributed by atoms with Crippen LogP contribution in [-0.2, 0) is 11.3 Å². The van der Waals surface area contributed by atoms with E-state index in [1.54, 1.807) is 6.07 Å². The highest BCUT2D eigenvalue weighted by molar-refractivity contribution is 5.94. The van der Waals surface area contributed by atoms with Crippen LogP contribution in [0, 0.1) is 0 Å². The van der Waals surface area contributed by atoms with E-state index in [-0.39, 0.29) is 12.5 Å². The number of hydrogen-bond donors (Lipinski definition) is 2. The molecule has 0 aliphatic rings. The molecule has 1 amide bonds. The Kier molecular flexibility index (Phi) is 5.31. The van der Waals surface area contributed by atoms with Crippen LogP contribution >= 0.6 is 0 Å². The summed E-state index contributed by atoms with van der Waals surface area (Å²) in [7, 11) is 0. The molecule has 0 fully saturated rings. The van der Waals surface area contributed by atoms with Crippen LogP contribution in [0.15, 0.2) is 29.4 Å². The molecule has 5 heteroatoms. The lowest BCUT2D eigenvalue weighted by atomic mass is 10.2. The normalized spacial score (nSPS) is 10.1. The Labute approximate surface area is 94.2 Å². The minimum atomic E-state index is -0.376. The molecule has 0 unspecified atom stereocenters. The summed E-state index contributed by atoms with van der Waals surface area (Å²) in [6.07, 6.45) is 5.09. The second kappa shape index (κ2) is 6.81. The maximum atomic E-state index is 11.3. The van der Waals surface area contributed by atoms with Crippen molar-refractivity contribution in [1.82, 2.24) is 5.43 Å². The lowest BCUT2D eigenvalue weighted by Gasteiger charge is -2.03. The van der Waals surface area contributed by atoms with Gasteiger partial charge in [-0.1, -0.05) is 6.08 Å². The number of carbonyl (C=O) groups excluding carboxylic acids is 1. The second-order valence-corrected chi connectivity index (χ2v) is 3.21. The molecule has 88 valence electrons. The Morgan fingerprint density at radius 2 is 2.50 bits per heavy atom. The van der Waals surface area contributed by atoms with Crippen molar-refractivity contribution in [3.05, 3.63) is 36.3 Å². The molecule has 3 N–H and O–H groups in total. The van der Waals surface area contributed by atoms with Crippen LogP contribution in [0.5, 0.6) is 0 Å². The molecule has 0 aliphatic heterocycles. The van der Waals surface area contributed by atoms with E-state index in [9.17, 15) is 4.79 Å². The topological polar surface area (TPSA) is 77.5 Å². The Morgan fingerprint density at radius 1 is 1.69 bits per heavy atom. The van der Waals surface area contributed by atoms with Gasteiger partial charge in [0.1, 0.15) is 12.4 Å². The number of unbranched alkanes of at least 4 members (excludes halogenated alkanes) is 1. The Hall–Kier alpha value is -1.59. The zero-order valence-electron chi connectivity index (χ0n) is 9.07. The predicted octanol–water partition coefficient (Wildman–Crippen LogP) is 1.37. The van der Waals surface area contributed by atoms with Gasteiger partial charge in [-0.25, -0.2) is 5.84 Å². The first kappa shape index (κ1) is 12.5. The summed E-state index contributed by atoms with van der Waals surface area (Å²) in [5.74, 6) is 5.14. The molecule has 0 atom stereocenters. The standard InChI is InChI=1S/C11H16N2O3/c1-2-3-4-6-15-8-10-9(5-7-16-10)11(14)13-12/h2,5,7H,1,3-4,6,8,12H2,(H,13,14). The van der Waals surface area contributed by atoms with E-state index in [0.29, 0.717) is 17.9 Å². The zero-order chi connectivity index (χ0) is 11.8. The SMILES string of the molecule is C=CCCCOCc1occc1C(=O)NN. The lowest BCUT2D eigenvalue weighted by Crippen LogP contribution is -2.30. The Morgan fingerprint density at radius 3 is 3.19 bits per heavy atom. The number of nitrogens with two attached hydrogens (primary N) is 1. The fourth-order valence-electron chi connectivity index (χ4n) is 1.23. The Balaban J connectivity index is 2.39. The summed E-state index contributed by atoms with van der Waals surface area (Å²) in [6, 6.07) is 1.56. The van der Waals surface area contributed by atoms with E-state index in [2.05, 4.69) is 12.0 Å². The molecule has 0 bridgehead atoms. The molecule has 0 saturated carbocycles. The van der Waals surface area contributed by atoms with Gasteiger partial charge in [0.15, 0.2) is 0 Å². The monoisotopic (exact) mass is 224 g/mol. The minimum absolute atomic E-state index is 0.271. The van der Waals surface area contributed by atoms with E-state index in [1.807, 2.05) is 6.08 Å². The molecule has 0 aliphatic carbocycles. The minimum Gasteiger partial charge on any atom is -0.466 e. The number of hydrogen-bond acceptors (Lipinski definition) is 4. The van der Waals surface area contributed by atoms with Gasteiger partial charge in [-0.3, -0.25) is 10.2 Å². The van der Waals surface area contributed by atoms with E-state index in [4.69, 9.17) is 15.0 Å². The number of nitrogens with one attached hydrogen (secondary N) is 1. The first-order chi connectivity index (χ1) is 7.79. The van der Waals surface area contributed by atoms with Gasteiger partial charge >= 0.3 is 0 Å². The molecule has 1 aromatic rings. The van der Waals surface area contributed by atoms with Crippen LogP contribution in [0.1, 0.15) is 29.0 Å². The number of rotatable bonds is 7. The number of carbonyl (C=O) groups is 1. The summed E-state index contributed by atoms with van der Waals surface area (Å²) in [5.41, 5.74) is 2.46. The summed E-state index contributed by atoms with van der Waals surface area (Å²) in [5, 5.41) is 0. The number of hydrazine groups is 1. The van der Waals surface area contributed by atoms with Gasteiger partial charge < -0.3 is 9.15 Å². The highest BCUT2D eigenvalue weighted by Gasteiger charge is 2.13. The van der Waals surface area contributed by atoms with Crippen LogP contribution < -0.4 is 11.3 Å². The molecular weight excluding hydrogens is 208 g/mol. The van der Waals surface area contributed by atoms with Crippen molar-refractivity contribution in [2.75, 3.05) is 6.61 Å². The Bertz CT molecular complexity index is 347. The van der Waals surface area contributed by atoms with E-state index in [0.717, 1.165) is 12.8 Å². The van der Waals surface area contributed by atoms with E-state index < -0.39 is 0 Å². The number of amides is 1. The highest BCUT2D eigenvalue weighted by Crippen LogP contribution is 2.11. The molecule has 0 spiro atoms. The number of nitrogen functional groups attached to an aromatic ring is 1. The number of ether oxygens (including phenoxy) is 1. The van der Waals surface area contributed by atoms with Crippen molar-refractivity contribution in [2.24, 2.45) is 5.84 Å². The third-order valence-corrected chi connectivity index (χ3v) is 2.05. The predicted molar refractivity (Wildman–Crippen MR) is 59.4 cm³/mol. The van der Waals surface area contributed by atoms with Gasteiger partial charge in [0.25, 0.3) is 5.91 Å². The van der Waals surface area contributed by atoms with Gasteiger partial charge in [-0.05, 0) is 18.9 Å². The first-order valence-electron chi connectivity index (χ1n) is 5.05. The molecule has 0 aromatic carbocycles. The molecule has 1 aromatic heterocycles. The average molecular weight is 224 g/mol. The maximum Gasteiger partial charge on any atom is 0.268 e. The fraction of sp³-hybridized carbons (Fsp3) is 0.364. The summed E-state index contributed by atoms with van der Waals surface area (Å²) >= 11 is 0. The molecule has 1 heterocycles. The third-order valence-electron chi connectivity index (χ3n) is 2.05. The van der Waals surface area contributed by atoms with Crippen molar-refractivity contribution in [3.63, 3.8) is 0 Å². The third kappa shape index (κ3) is 3.52. The summed E-state index contributed by atoms with van der Waals surface area (Å²) in [4.78, 5) is 11.3. The smallest absolute Gasteiger partial charge is 0.268 e. The van der Waals surface area contributed by atoms with Gasteiger partial charge in [-0.2, -0.15) is 0 Å². The second-order valence-electron chi connectivity index (χ2n) is 3.21. The van der Waals surface area contributed by atoms with Crippen LogP contribution in [0.25, 0.3) is 0 Å². The van der Waals surface area contributed by atoms with Gasteiger partial charge in [-0.15, -0.1) is 6.58 Å². The van der Waals surface area contributed by atoms with Crippen LogP contribution in [0.3, 0.4) is 0 Å². The van der Waals surface area contributed by atoms with Crippen molar-refractivity contribution < 1.29 is 13.9 Å². The van der Waals surface area contributed by atoms with Crippen molar-refractivity contribution >= 4 is 5.91 Å². The van der Waals surface area contributed by atoms with Crippen molar-refractivity contribution in [2.45, 2.75) is 19.4 Å². The van der Waals surface area contributed by atoms with Gasteiger partial charge in [0.2, 0.25) is 0 Å². The molecule has 1 rings (SSSR count). The van der Waals surface area contributed by atoms with Crippen molar-refractivity contribution in [3.8, 4) is 0 Å². The van der Waals surface area contributed by atoms with E-state index in [1.165, 1.54) is 6.26 Å². The fourth-order valence-corrected chi connectivity index (χ4v) is 1.23. The average Bonchev–Trinajstić information content (AvgIpc) is 2.76. The number of furan rings is 1. The van der Waals surface area contributed by atoms with Crippen LogP contribution in [0.4, 0.5) is 0 Å². The van der Waals surface area contributed by atoms with Gasteiger partial charge in [0.05, 0.1) is 11.8 Å². The lowest BCUT2D eigenvalue weighted by molar-refractivity contribution is 0.0915. The molecule has 0 radical (unpaired) electrons. The number of allylic oxidation sites excluding steroid dienone is 1. The highest BCUT2D eigenvalue weighted by atomic mass is 16.5. The van der Waals surface area contributed by atoms with Crippen LogP contribution in [0.2, 0.25) is 0 Å². The van der Waals surface area contributed by atoms with E-state index >= 15 is 0 Å². The first-order valence-corrected chi connectivity index (χ1v) is 5.05. The van der Waals surface area contributed by atoms with Crippen LogP contribution in [-0.4, -0.2) is 12.5 Å². The van der Waals surface area contributed by atoms with Gasteiger partial charge in [0, 0.05) is 6.61 Å². The molecule has 0 saturated heterocycles. The largest absolute Gasteiger partial charge is 0.466 e. The maximum absolute atomic E-state index is 11.3. The quantitative estimate of drug-likeness (QED) is 0.241. The zero-order valence-corrected chi connectivity index (χ0v) is 9.07. The molecular formula is C11H16N2O3. The molecule has 16 heavy (non-hydrogen) atoms. The summed E-state index contributed by atoms with van der Waals surface area (Å²) in [6.45, 7) is 4.49. The molecule has 5 nitrogen and oxygen atoms in total.